The van der Waals surface area contributed by atoms with Crippen molar-refractivity contribution in [2.24, 2.45) is 0 Å². The molecule has 0 fully saturated rings. The van der Waals surface area contributed by atoms with Crippen LogP contribution < -0.4 is 15.7 Å². The van der Waals surface area contributed by atoms with E-state index in [1.807, 2.05) is 0 Å². The van der Waals surface area contributed by atoms with Gasteiger partial charge in [-0.1, -0.05) is 6.07 Å². The molecular weight excluding hydrogens is 356 g/mol. The number of sulfonamides is 1. The summed E-state index contributed by atoms with van der Waals surface area (Å²) in [6.07, 6.45) is 1.05. The number of nitrogens with one attached hydrogen (secondary N) is 2. The minimum Gasteiger partial charge on any atom is -0.423 e. The van der Waals surface area contributed by atoms with Crippen molar-refractivity contribution in [1.82, 2.24) is 0 Å². The number of amides is 1. The molecule has 0 aliphatic heterocycles. The summed E-state index contributed by atoms with van der Waals surface area (Å²) in [4.78, 5) is 23.7. The standard InChI is InChI=1S/C18H16N2O5S/c1-11-3-4-13(10-15(11)20-26(2,23)24)18(22)19-14-6-7-16-12(9-14)5-8-17(21)25-16/h3-10,20H,1-2H3,(H,19,22). The van der Waals surface area contributed by atoms with E-state index in [1.165, 1.54) is 12.1 Å². The number of benzene rings is 2. The van der Waals surface area contributed by atoms with Gasteiger partial charge in [0.1, 0.15) is 5.58 Å². The van der Waals surface area contributed by atoms with Crippen molar-refractivity contribution in [1.29, 1.82) is 0 Å². The summed E-state index contributed by atoms with van der Waals surface area (Å²) in [7, 11) is -3.45. The normalized spacial score (nSPS) is 11.3. The summed E-state index contributed by atoms with van der Waals surface area (Å²) in [5.74, 6) is -0.390. The lowest BCUT2D eigenvalue weighted by atomic mass is 10.1. The lowest BCUT2D eigenvalue weighted by molar-refractivity contribution is 0.102. The average molecular weight is 372 g/mol. The molecule has 0 spiro atoms. The second-order valence-corrected chi connectivity index (χ2v) is 7.61. The molecule has 2 aromatic carbocycles. The van der Waals surface area contributed by atoms with E-state index >= 15 is 0 Å². The highest BCUT2D eigenvalue weighted by Crippen LogP contribution is 2.21. The van der Waals surface area contributed by atoms with Crippen LogP contribution in [0.1, 0.15) is 15.9 Å². The predicted molar refractivity (Wildman–Crippen MR) is 100 cm³/mol. The van der Waals surface area contributed by atoms with E-state index in [2.05, 4.69) is 10.0 Å². The van der Waals surface area contributed by atoms with Crippen LogP contribution in [-0.2, 0) is 10.0 Å². The van der Waals surface area contributed by atoms with E-state index in [0.29, 0.717) is 33.5 Å². The smallest absolute Gasteiger partial charge is 0.336 e. The van der Waals surface area contributed by atoms with Crippen molar-refractivity contribution in [3.8, 4) is 0 Å². The third-order valence-corrected chi connectivity index (χ3v) is 4.26. The topological polar surface area (TPSA) is 105 Å². The van der Waals surface area contributed by atoms with Crippen LogP contribution in [0.2, 0.25) is 0 Å². The zero-order valence-corrected chi connectivity index (χ0v) is 14.9. The average Bonchev–Trinajstić information content (AvgIpc) is 2.55. The molecule has 0 radical (unpaired) electrons. The third-order valence-electron chi connectivity index (χ3n) is 3.67. The monoisotopic (exact) mass is 372 g/mol. The van der Waals surface area contributed by atoms with E-state index in [0.717, 1.165) is 6.26 Å². The van der Waals surface area contributed by atoms with Gasteiger partial charge in [0, 0.05) is 22.7 Å². The van der Waals surface area contributed by atoms with Crippen molar-refractivity contribution in [3.05, 3.63) is 70.1 Å². The first-order chi connectivity index (χ1) is 12.2. The number of aryl methyl sites for hydroxylation is 1. The Bertz CT molecular complexity index is 1170. The molecule has 8 heteroatoms. The van der Waals surface area contributed by atoms with Gasteiger partial charge >= 0.3 is 5.63 Å². The van der Waals surface area contributed by atoms with Crippen LogP contribution in [0.5, 0.6) is 0 Å². The van der Waals surface area contributed by atoms with Gasteiger partial charge in [-0.2, -0.15) is 0 Å². The molecule has 3 rings (SSSR count). The number of hydrogen-bond acceptors (Lipinski definition) is 5. The van der Waals surface area contributed by atoms with Crippen molar-refractivity contribution >= 4 is 38.3 Å². The molecular formula is C18H16N2O5S. The maximum atomic E-state index is 12.5. The van der Waals surface area contributed by atoms with Crippen LogP contribution in [0.3, 0.4) is 0 Å². The van der Waals surface area contributed by atoms with Gasteiger partial charge in [0.05, 0.1) is 11.9 Å². The van der Waals surface area contributed by atoms with Crippen LogP contribution in [0, 0.1) is 6.92 Å². The summed E-state index contributed by atoms with van der Waals surface area (Å²) >= 11 is 0. The van der Waals surface area contributed by atoms with E-state index < -0.39 is 21.6 Å². The van der Waals surface area contributed by atoms with Crippen molar-refractivity contribution < 1.29 is 17.6 Å². The van der Waals surface area contributed by atoms with Crippen LogP contribution in [0.4, 0.5) is 11.4 Å². The number of carbonyl (C=O) groups excluding carboxylic acids is 1. The minimum absolute atomic E-state index is 0.307. The first-order valence-corrected chi connectivity index (χ1v) is 9.54. The molecule has 0 atom stereocenters. The predicted octanol–water partition coefficient (Wildman–Crippen LogP) is 2.73. The minimum atomic E-state index is -3.45. The molecule has 0 saturated heterocycles. The fraction of sp³-hybridized carbons (Fsp3) is 0.111. The Labute approximate surface area is 149 Å². The van der Waals surface area contributed by atoms with E-state index in [-0.39, 0.29) is 0 Å². The Kier molecular flexibility index (Phi) is 4.52. The van der Waals surface area contributed by atoms with E-state index in [4.69, 9.17) is 4.42 Å². The Morgan fingerprint density at radius 1 is 1.04 bits per heavy atom. The first-order valence-electron chi connectivity index (χ1n) is 7.65. The van der Waals surface area contributed by atoms with Gasteiger partial charge in [-0.05, 0) is 48.9 Å². The largest absolute Gasteiger partial charge is 0.423 e. The highest BCUT2D eigenvalue weighted by Gasteiger charge is 2.11. The Morgan fingerprint density at radius 3 is 2.54 bits per heavy atom. The Balaban J connectivity index is 1.87. The summed E-state index contributed by atoms with van der Waals surface area (Å²) in [6.45, 7) is 1.74. The van der Waals surface area contributed by atoms with Gasteiger partial charge in [-0.15, -0.1) is 0 Å². The maximum absolute atomic E-state index is 12.5. The van der Waals surface area contributed by atoms with Gasteiger partial charge < -0.3 is 9.73 Å². The van der Waals surface area contributed by atoms with Crippen molar-refractivity contribution in [2.75, 3.05) is 16.3 Å². The molecule has 2 N–H and O–H groups in total. The number of fused-ring (bicyclic) bond motifs is 1. The quantitative estimate of drug-likeness (QED) is 0.685. The molecule has 0 aliphatic rings. The fourth-order valence-corrected chi connectivity index (χ4v) is 3.05. The second kappa shape index (κ2) is 6.64. The van der Waals surface area contributed by atoms with Gasteiger partial charge in [0.2, 0.25) is 10.0 Å². The molecule has 1 aromatic heterocycles. The zero-order valence-electron chi connectivity index (χ0n) is 14.1. The molecule has 3 aromatic rings. The van der Waals surface area contributed by atoms with Crippen molar-refractivity contribution in [2.45, 2.75) is 6.92 Å². The molecule has 0 saturated carbocycles. The second-order valence-electron chi connectivity index (χ2n) is 5.87. The van der Waals surface area contributed by atoms with Crippen molar-refractivity contribution in [3.63, 3.8) is 0 Å². The summed E-state index contributed by atoms with van der Waals surface area (Å²) in [5.41, 5.74) is 1.86. The number of carbonyl (C=O) groups is 1. The summed E-state index contributed by atoms with van der Waals surface area (Å²) in [5, 5.41) is 3.41. The molecule has 134 valence electrons. The lowest BCUT2D eigenvalue weighted by Crippen LogP contribution is -2.14. The molecule has 0 aliphatic carbocycles. The summed E-state index contributed by atoms with van der Waals surface area (Å²) < 4.78 is 30.3. The SMILES string of the molecule is Cc1ccc(C(=O)Nc2ccc3oc(=O)ccc3c2)cc1NS(C)(=O)=O. The van der Waals surface area contributed by atoms with Gasteiger partial charge in [-0.25, -0.2) is 13.2 Å². The van der Waals surface area contributed by atoms with E-state index in [1.54, 1.807) is 43.3 Å². The molecule has 1 heterocycles. The number of anilines is 2. The zero-order chi connectivity index (χ0) is 18.9. The molecule has 26 heavy (non-hydrogen) atoms. The first kappa shape index (κ1) is 17.7. The number of hydrogen-bond donors (Lipinski definition) is 2. The highest BCUT2D eigenvalue weighted by molar-refractivity contribution is 7.92. The molecule has 0 bridgehead atoms. The van der Waals surface area contributed by atoms with Crippen LogP contribution in [0.15, 0.2) is 57.7 Å². The fourth-order valence-electron chi connectivity index (χ4n) is 2.43. The molecule has 1 amide bonds. The van der Waals surface area contributed by atoms with Crippen LogP contribution >= 0.6 is 0 Å². The maximum Gasteiger partial charge on any atom is 0.336 e. The summed E-state index contributed by atoms with van der Waals surface area (Å²) in [6, 6.07) is 12.6. The molecule has 0 unspecified atom stereocenters. The lowest BCUT2D eigenvalue weighted by Gasteiger charge is -2.11. The van der Waals surface area contributed by atoms with Crippen LogP contribution in [0.25, 0.3) is 11.0 Å². The Morgan fingerprint density at radius 2 is 1.81 bits per heavy atom. The molecule has 7 nitrogen and oxygen atoms in total. The van der Waals surface area contributed by atoms with Gasteiger partial charge in [0.15, 0.2) is 0 Å². The highest BCUT2D eigenvalue weighted by atomic mass is 32.2. The van der Waals surface area contributed by atoms with E-state index in [9.17, 15) is 18.0 Å². The van der Waals surface area contributed by atoms with Gasteiger partial charge in [-0.3, -0.25) is 9.52 Å². The Hall–Kier alpha value is -3.13. The van der Waals surface area contributed by atoms with Crippen LogP contribution in [-0.4, -0.2) is 20.6 Å². The number of rotatable bonds is 4. The van der Waals surface area contributed by atoms with Gasteiger partial charge in [0.25, 0.3) is 5.91 Å². The third kappa shape index (κ3) is 4.09.